The van der Waals surface area contributed by atoms with E-state index in [9.17, 15) is 13.2 Å². The van der Waals surface area contributed by atoms with Crippen molar-refractivity contribution < 1.29 is 17.9 Å². The molecule has 5 nitrogen and oxygen atoms in total. The van der Waals surface area contributed by atoms with Gasteiger partial charge in [0, 0.05) is 31.2 Å². The summed E-state index contributed by atoms with van der Waals surface area (Å²) in [5, 5.41) is 12.4. The molecular formula is C18H15Cl2F3N4O. The van der Waals surface area contributed by atoms with Gasteiger partial charge in [-0.15, -0.1) is 0 Å². The lowest BCUT2D eigenvalue weighted by Gasteiger charge is -2.11. The molecule has 1 N–H and O–H groups in total. The number of nitrogens with zero attached hydrogens (tertiary/aromatic N) is 3. The lowest BCUT2D eigenvalue weighted by molar-refractivity contribution is -0.137. The van der Waals surface area contributed by atoms with E-state index in [1.54, 1.807) is 12.1 Å². The molecule has 28 heavy (non-hydrogen) atoms. The Hall–Kier alpha value is -2.34. The predicted molar refractivity (Wildman–Crippen MR) is 102 cm³/mol. The van der Waals surface area contributed by atoms with E-state index in [0.717, 1.165) is 25.3 Å². The van der Waals surface area contributed by atoms with Crippen LogP contribution in [0.3, 0.4) is 0 Å². The lowest BCUT2D eigenvalue weighted by Crippen LogP contribution is -2.06. The molecule has 1 aromatic carbocycles. The van der Waals surface area contributed by atoms with Gasteiger partial charge in [-0.2, -0.15) is 23.5 Å². The van der Waals surface area contributed by atoms with Crippen molar-refractivity contribution in [2.75, 3.05) is 18.6 Å². The average Bonchev–Trinajstić information content (AvgIpc) is 3.24. The van der Waals surface area contributed by atoms with E-state index in [0.29, 0.717) is 5.56 Å². The van der Waals surface area contributed by atoms with Crippen LogP contribution in [0.2, 0.25) is 10.0 Å². The van der Waals surface area contributed by atoms with Gasteiger partial charge in [0.25, 0.3) is 0 Å². The molecule has 0 saturated carbocycles. The van der Waals surface area contributed by atoms with Crippen molar-refractivity contribution >= 4 is 34.6 Å². The van der Waals surface area contributed by atoms with Crippen molar-refractivity contribution in [1.82, 2.24) is 4.98 Å². The summed E-state index contributed by atoms with van der Waals surface area (Å²) < 4.78 is 42.9. The topological polar surface area (TPSA) is 70.3 Å². The van der Waals surface area contributed by atoms with Crippen molar-refractivity contribution in [1.29, 1.82) is 5.26 Å². The second kappa shape index (κ2) is 10.3. The van der Waals surface area contributed by atoms with Crippen molar-refractivity contribution in [2.24, 2.45) is 5.10 Å². The van der Waals surface area contributed by atoms with Gasteiger partial charge < -0.3 is 4.74 Å². The summed E-state index contributed by atoms with van der Waals surface area (Å²) in [5.41, 5.74) is 1.82. The number of benzene rings is 1. The minimum Gasteiger partial charge on any atom is -0.381 e. The van der Waals surface area contributed by atoms with E-state index in [1.165, 1.54) is 25.2 Å². The van der Waals surface area contributed by atoms with Crippen LogP contribution in [-0.4, -0.2) is 23.9 Å². The number of ether oxygens (including phenoxy) is 1. The van der Waals surface area contributed by atoms with Crippen molar-refractivity contribution in [3.05, 3.63) is 57.8 Å². The second-order valence-electron chi connectivity index (χ2n) is 5.56. The van der Waals surface area contributed by atoms with E-state index in [-0.39, 0.29) is 21.4 Å². The minimum atomic E-state index is -4.57. The zero-order chi connectivity index (χ0) is 20.6. The van der Waals surface area contributed by atoms with Gasteiger partial charge in [-0.05, 0) is 37.1 Å². The van der Waals surface area contributed by atoms with Gasteiger partial charge in [0.1, 0.15) is 6.07 Å². The quantitative estimate of drug-likeness (QED) is 0.512. The Morgan fingerprint density at radius 1 is 1.21 bits per heavy atom. The number of hydrogen-bond acceptors (Lipinski definition) is 5. The molecule has 0 bridgehead atoms. The van der Waals surface area contributed by atoms with Crippen molar-refractivity contribution in [3.8, 4) is 6.07 Å². The molecular weight excluding hydrogens is 416 g/mol. The molecule has 0 spiro atoms. The number of halogens is 5. The van der Waals surface area contributed by atoms with E-state index < -0.39 is 11.7 Å². The predicted octanol–water partition coefficient (Wildman–Crippen LogP) is 5.54. The van der Waals surface area contributed by atoms with Crippen molar-refractivity contribution in [2.45, 2.75) is 19.0 Å². The number of aromatic nitrogens is 1. The number of pyridine rings is 1. The molecule has 1 aliphatic rings. The molecule has 2 aromatic rings. The van der Waals surface area contributed by atoms with Crippen LogP contribution in [0, 0.1) is 11.3 Å². The molecule has 0 aliphatic carbocycles. The fourth-order valence-electron chi connectivity index (χ4n) is 2.12. The van der Waals surface area contributed by atoms with Crippen LogP contribution in [0.15, 0.2) is 41.8 Å². The molecule has 3 rings (SSSR count). The number of rotatable bonds is 3. The average molecular weight is 431 g/mol. The van der Waals surface area contributed by atoms with E-state index in [1.807, 2.05) is 6.07 Å². The van der Waals surface area contributed by atoms with Crippen LogP contribution >= 0.6 is 23.2 Å². The fourth-order valence-corrected chi connectivity index (χ4v) is 2.69. The number of hydrazone groups is 1. The van der Waals surface area contributed by atoms with Gasteiger partial charge in [0.2, 0.25) is 0 Å². The summed E-state index contributed by atoms with van der Waals surface area (Å²) in [7, 11) is 0. The van der Waals surface area contributed by atoms with Gasteiger partial charge in [0.05, 0.1) is 21.3 Å². The van der Waals surface area contributed by atoms with Gasteiger partial charge in [0.15, 0.2) is 5.71 Å². The van der Waals surface area contributed by atoms with Gasteiger partial charge in [-0.25, -0.2) is 0 Å². The number of alkyl halides is 3. The number of hydrogen-bond donors (Lipinski definition) is 1. The lowest BCUT2D eigenvalue weighted by atomic mass is 10.2. The Morgan fingerprint density at radius 3 is 2.29 bits per heavy atom. The van der Waals surface area contributed by atoms with Crippen LogP contribution in [0.1, 0.15) is 24.0 Å². The maximum absolute atomic E-state index is 12.7. The van der Waals surface area contributed by atoms with Gasteiger partial charge in [-0.3, -0.25) is 10.4 Å². The highest BCUT2D eigenvalue weighted by Gasteiger charge is 2.32. The summed E-state index contributed by atoms with van der Waals surface area (Å²) in [6.07, 6.45) is 0.928. The molecule has 148 valence electrons. The third-order valence-corrected chi connectivity index (χ3v) is 4.11. The summed E-state index contributed by atoms with van der Waals surface area (Å²) in [6, 6.07) is 6.51. The largest absolute Gasteiger partial charge is 0.416 e. The zero-order valence-corrected chi connectivity index (χ0v) is 15.9. The van der Waals surface area contributed by atoms with Crippen LogP contribution in [0.5, 0.6) is 0 Å². The van der Waals surface area contributed by atoms with Crippen molar-refractivity contribution in [3.63, 3.8) is 0 Å². The molecule has 1 fully saturated rings. The Bertz CT molecular complexity index is 833. The maximum Gasteiger partial charge on any atom is 0.416 e. The first-order valence-corrected chi connectivity index (χ1v) is 8.86. The summed E-state index contributed by atoms with van der Waals surface area (Å²) in [4.78, 5) is 3.85. The normalized spacial score (nSPS) is 14.1. The maximum atomic E-state index is 12.7. The van der Waals surface area contributed by atoms with Crippen LogP contribution in [-0.2, 0) is 10.9 Å². The van der Waals surface area contributed by atoms with Crippen LogP contribution in [0.25, 0.3) is 0 Å². The minimum absolute atomic E-state index is 0.0230. The Kier molecular flexibility index (Phi) is 8.05. The fraction of sp³-hybridized carbons (Fsp3) is 0.278. The monoisotopic (exact) mass is 430 g/mol. The molecule has 0 amide bonds. The molecule has 1 saturated heterocycles. The molecule has 0 radical (unpaired) electrons. The van der Waals surface area contributed by atoms with Crippen LogP contribution in [0.4, 0.5) is 18.9 Å². The first-order valence-electron chi connectivity index (χ1n) is 8.11. The van der Waals surface area contributed by atoms with Gasteiger partial charge in [-0.1, -0.05) is 23.2 Å². The van der Waals surface area contributed by atoms with E-state index >= 15 is 0 Å². The Morgan fingerprint density at radius 2 is 1.86 bits per heavy atom. The molecule has 0 unspecified atom stereocenters. The molecule has 10 heteroatoms. The summed E-state index contributed by atoms with van der Waals surface area (Å²) >= 11 is 11.6. The molecule has 1 aliphatic heterocycles. The zero-order valence-electron chi connectivity index (χ0n) is 14.4. The summed E-state index contributed by atoms with van der Waals surface area (Å²) in [5.74, 6) is 0. The van der Waals surface area contributed by atoms with E-state index in [4.69, 9.17) is 33.2 Å². The Balaban J connectivity index is 0.000000485. The third-order valence-electron chi connectivity index (χ3n) is 3.52. The standard InChI is InChI=1S/C14H7Cl2F3N4.C4H8O/c15-10-4-9(14(17,18)19)5-11(16)13(10)23-22-12(6-20)8-2-1-3-21-7-8;1-2-4-5-3-1/h1-5,7,23H;1-4H2. The molecule has 1 aromatic heterocycles. The molecule has 0 atom stereocenters. The first-order chi connectivity index (χ1) is 13.3. The Labute approximate surface area is 169 Å². The number of nitrogens with one attached hydrogen (secondary N) is 1. The van der Waals surface area contributed by atoms with Crippen LogP contribution < -0.4 is 5.43 Å². The SMILES string of the molecule is C1CCOC1.N#CC(=NNc1c(Cl)cc(C(F)(F)F)cc1Cl)c1cccnc1. The highest BCUT2D eigenvalue weighted by atomic mass is 35.5. The number of nitriles is 1. The second-order valence-corrected chi connectivity index (χ2v) is 6.37. The first kappa shape index (κ1) is 22.0. The van der Waals surface area contributed by atoms with Gasteiger partial charge >= 0.3 is 6.18 Å². The molecule has 2 heterocycles. The highest BCUT2D eigenvalue weighted by Crippen LogP contribution is 2.38. The smallest absolute Gasteiger partial charge is 0.381 e. The third kappa shape index (κ3) is 6.37. The highest BCUT2D eigenvalue weighted by molar-refractivity contribution is 6.39. The van der Waals surface area contributed by atoms with E-state index in [2.05, 4.69) is 15.5 Å². The number of anilines is 1. The summed E-state index contributed by atoms with van der Waals surface area (Å²) in [6.45, 7) is 2.00.